The first kappa shape index (κ1) is 15.3. The molecular formula is C11H9F3N2O2S. The molecule has 0 radical (unpaired) electrons. The molecule has 1 heterocycles. The second-order valence-corrected chi connectivity index (χ2v) is 4.69. The number of aryl methyl sites for hydroxylation is 1. The molecule has 0 aromatic carbocycles. The van der Waals surface area contributed by atoms with E-state index in [0.717, 1.165) is 17.8 Å². The second kappa shape index (κ2) is 5.93. The molecule has 0 spiro atoms. The number of carboxylic acid groups (broad SMARTS) is 1. The number of aromatic nitrogens is 1. The third-order valence-corrected chi connectivity index (χ3v) is 3.12. The molecule has 0 unspecified atom stereocenters. The van der Waals surface area contributed by atoms with Crippen molar-refractivity contribution < 1.29 is 23.1 Å². The summed E-state index contributed by atoms with van der Waals surface area (Å²) in [5.74, 6) is -1.01. The number of nitriles is 1. The van der Waals surface area contributed by atoms with E-state index >= 15 is 0 Å². The van der Waals surface area contributed by atoms with Gasteiger partial charge in [-0.1, -0.05) is 0 Å². The maximum atomic E-state index is 12.6. The summed E-state index contributed by atoms with van der Waals surface area (Å²) in [6.45, 7) is 1.39. The Morgan fingerprint density at radius 2 is 2.21 bits per heavy atom. The van der Waals surface area contributed by atoms with Gasteiger partial charge < -0.3 is 5.11 Å². The van der Waals surface area contributed by atoms with E-state index in [1.807, 2.05) is 0 Å². The number of alkyl halides is 3. The van der Waals surface area contributed by atoms with Crippen molar-refractivity contribution in [3.63, 3.8) is 0 Å². The summed E-state index contributed by atoms with van der Waals surface area (Å²) in [7, 11) is 0. The van der Waals surface area contributed by atoms with Crippen LogP contribution in [0.15, 0.2) is 11.1 Å². The molecule has 19 heavy (non-hydrogen) atoms. The van der Waals surface area contributed by atoms with Gasteiger partial charge in [0.1, 0.15) is 16.8 Å². The highest BCUT2D eigenvalue weighted by molar-refractivity contribution is 7.99. The minimum absolute atomic E-state index is 0.0448. The van der Waals surface area contributed by atoms with Crippen LogP contribution in [0.5, 0.6) is 0 Å². The van der Waals surface area contributed by atoms with Gasteiger partial charge in [0.2, 0.25) is 0 Å². The minimum Gasteiger partial charge on any atom is -0.481 e. The van der Waals surface area contributed by atoms with Gasteiger partial charge in [0, 0.05) is 5.75 Å². The Labute approximate surface area is 111 Å². The number of nitrogens with zero attached hydrogens (tertiary/aromatic N) is 2. The number of halogens is 3. The van der Waals surface area contributed by atoms with Crippen LogP contribution in [0.1, 0.15) is 23.2 Å². The Morgan fingerprint density at radius 1 is 1.58 bits per heavy atom. The van der Waals surface area contributed by atoms with Crippen LogP contribution < -0.4 is 0 Å². The molecule has 1 aromatic heterocycles. The SMILES string of the molecule is Cc1cc(C(F)(F)F)nc(SCCC(=O)O)c1C#N. The molecule has 0 aliphatic carbocycles. The Bertz CT molecular complexity index is 538. The van der Waals surface area contributed by atoms with Gasteiger partial charge in [-0.2, -0.15) is 18.4 Å². The van der Waals surface area contributed by atoms with Crippen LogP contribution in [0.3, 0.4) is 0 Å². The summed E-state index contributed by atoms with van der Waals surface area (Å²) in [4.78, 5) is 13.8. The number of hydrogen-bond donors (Lipinski definition) is 1. The van der Waals surface area contributed by atoms with Crippen molar-refractivity contribution in [2.45, 2.75) is 24.5 Å². The summed E-state index contributed by atoms with van der Waals surface area (Å²) in [5.41, 5.74) is -0.868. The fourth-order valence-electron chi connectivity index (χ4n) is 1.26. The topological polar surface area (TPSA) is 74.0 Å². The molecule has 1 rings (SSSR count). The van der Waals surface area contributed by atoms with Crippen LogP contribution in [-0.2, 0) is 11.0 Å². The Hall–Kier alpha value is -1.75. The third kappa shape index (κ3) is 4.13. The van der Waals surface area contributed by atoms with Gasteiger partial charge in [-0.05, 0) is 18.6 Å². The van der Waals surface area contributed by atoms with E-state index in [9.17, 15) is 18.0 Å². The highest BCUT2D eigenvalue weighted by Gasteiger charge is 2.33. The number of carboxylic acids is 1. The zero-order valence-electron chi connectivity index (χ0n) is 9.78. The standard InChI is InChI=1S/C11H9F3N2O2S/c1-6-4-8(11(12,13)14)16-10(7(6)5-15)19-3-2-9(17)18/h4H,2-3H2,1H3,(H,17,18). The Morgan fingerprint density at radius 3 is 2.68 bits per heavy atom. The molecule has 4 nitrogen and oxygen atoms in total. The van der Waals surface area contributed by atoms with E-state index in [0.29, 0.717) is 0 Å². The molecule has 0 aliphatic heterocycles. The molecule has 0 saturated carbocycles. The lowest BCUT2D eigenvalue weighted by molar-refractivity contribution is -0.141. The summed E-state index contributed by atoms with van der Waals surface area (Å²) in [6.07, 6.45) is -4.81. The molecule has 0 aliphatic rings. The average molecular weight is 290 g/mol. The lowest BCUT2D eigenvalue weighted by atomic mass is 10.1. The van der Waals surface area contributed by atoms with Crippen LogP contribution in [0, 0.1) is 18.3 Å². The summed E-state index contributed by atoms with van der Waals surface area (Å²) in [6, 6.07) is 2.59. The van der Waals surface area contributed by atoms with E-state index in [1.54, 1.807) is 6.07 Å². The molecule has 0 fully saturated rings. The normalized spacial score (nSPS) is 11.1. The predicted octanol–water partition coefficient (Wildman–Crippen LogP) is 2.85. The van der Waals surface area contributed by atoms with Gasteiger partial charge in [-0.25, -0.2) is 4.98 Å². The Balaban J connectivity index is 3.10. The van der Waals surface area contributed by atoms with Gasteiger partial charge in [-0.3, -0.25) is 4.79 Å². The molecule has 1 N–H and O–H groups in total. The van der Waals surface area contributed by atoms with Crippen LogP contribution in [-0.4, -0.2) is 21.8 Å². The van der Waals surface area contributed by atoms with Gasteiger partial charge in [0.25, 0.3) is 0 Å². The highest BCUT2D eigenvalue weighted by Crippen LogP contribution is 2.32. The van der Waals surface area contributed by atoms with Crippen molar-refractivity contribution in [3.05, 3.63) is 22.9 Å². The lowest BCUT2D eigenvalue weighted by Gasteiger charge is -2.11. The number of rotatable bonds is 4. The van der Waals surface area contributed by atoms with Crippen molar-refractivity contribution in [1.82, 2.24) is 4.98 Å². The number of carbonyl (C=O) groups is 1. The maximum absolute atomic E-state index is 12.6. The summed E-state index contributed by atoms with van der Waals surface area (Å²) < 4.78 is 37.8. The van der Waals surface area contributed by atoms with Gasteiger partial charge in [0.15, 0.2) is 0 Å². The fraction of sp³-hybridized carbons (Fsp3) is 0.364. The first-order valence-corrected chi connectivity index (χ1v) is 6.07. The Kier molecular flexibility index (Phi) is 4.78. The maximum Gasteiger partial charge on any atom is 0.433 e. The number of pyridine rings is 1. The molecule has 0 atom stereocenters. The van der Waals surface area contributed by atoms with Crippen LogP contribution in [0.2, 0.25) is 0 Å². The lowest BCUT2D eigenvalue weighted by Crippen LogP contribution is -2.10. The molecule has 0 saturated heterocycles. The van der Waals surface area contributed by atoms with Crippen molar-refractivity contribution in [3.8, 4) is 6.07 Å². The highest BCUT2D eigenvalue weighted by atomic mass is 32.2. The fourth-order valence-corrected chi connectivity index (χ4v) is 2.25. The van der Waals surface area contributed by atoms with Crippen LogP contribution in [0.25, 0.3) is 0 Å². The third-order valence-electron chi connectivity index (χ3n) is 2.14. The van der Waals surface area contributed by atoms with E-state index in [1.165, 1.54) is 6.92 Å². The van der Waals surface area contributed by atoms with Gasteiger partial charge >= 0.3 is 12.1 Å². The quantitative estimate of drug-likeness (QED) is 0.863. The smallest absolute Gasteiger partial charge is 0.433 e. The van der Waals surface area contributed by atoms with E-state index in [4.69, 9.17) is 10.4 Å². The molecular weight excluding hydrogens is 281 g/mol. The van der Waals surface area contributed by atoms with Gasteiger partial charge in [0.05, 0.1) is 12.0 Å². The van der Waals surface area contributed by atoms with E-state index in [2.05, 4.69) is 4.98 Å². The molecule has 0 bridgehead atoms. The van der Waals surface area contributed by atoms with Gasteiger partial charge in [-0.15, -0.1) is 11.8 Å². The van der Waals surface area contributed by atoms with E-state index < -0.39 is 17.8 Å². The first-order chi connectivity index (χ1) is 8.75. The average Bonchev–Trinajstić information content (AvgIpc) is 2.26. The van der Waals surface area contributed by atoms with Crippen LogP contribution in [0.4, 0.5) is 13.2 Å². The number of hydrogen-bond acceptors (Lipinski definition) is 4. The zero-order valence-corrected chi connectivity index (χ0v) is 10.6. The second-order valence-electron chi connectivity index (χ2n) is 3.61. The number of thioether (sulfide) groups is 1. The summed E-state index contributed by atoms with van der Waals surface area (Å²) >= 11 is 0.830. The first-order valence-electron chi connectivity index (χ1n) is 5.09. The molecule has 8 heteroatoms. The monoisotopic (exact) mass is 290 g/mol. The predicted molar refractivity (Wildman–Crippen MR) is 61.7 cm³/mol. The van der Waals surface area contributed by atoms with Crippen molar-refractivity contribution >= 4 is 17.7 Å². The summed E-state index contributed by atoms with van der Waals surface area (Å²) in [5, 5.41) is 17.3. The largest absolute Gasteiger partial charge is 0.481 e. The van der Waals surface area contributed by atoms with Crippen molar-refractivity contribution in [1.29, 1.82) is 5.26 Å². The molecule has 102 valence electrons. The zero-order chi connectivity index (χ0) is 14.6. The van der Waals surface area contributed by atoms with Crippen molar-refractivity contribution in [2.75, 3.05) is 5.75 Å². The van der Waals surface area contributed by atoms with Crippen LogP contribution >= 0.6 is 11.8 Å². The molecule has 0 amide bonds. The van der Waals surface area contributed by atoms with Crippen molar-refractivity contribution in [2.24, 2.45) is 0 Å². The van der Waals surface area contributed by atoms with E-state index in [-0.39, 0.29) is 28.3 Å². The number of aliphatic carboxylic acids is 1. The molecule has 1 aromatic rings. The minimum atomic E-state index is -4.60.